The highest BCUT2D eigenvalue weighted by atomic mass is 16.2. The molecule has 0 spiro atoms. The summed E-state index contributed by atoms with van der Waals surface area (Å²) in [4.78, 5) is 24.5. The van der Waals surface area contributed by atoms with Crippen LogP contribution in [0.5, 0.6) is 0 Å². The van der Waals surface area contributed by atoms with Gasteiger partial charge in [-0.05, 0) is 29.7 Å². The Bertz CT molecular complexity index is 818. The molecule has 0 unspecified atom stereocenters. The van der Waals surface area contributed by atoms with E-state index in [1.807, 2.05) is 54.6 Å². The van der Waals surface area contributed by atoms with E-state index in [1.54, 1.807) is 0 Å². The summed E-state index contributed by atoms with van der Waals surface area (Å²) in [6.07, 6.45) is 17.6. The third-order valence-corrected chi connectivity index (χ3v) is 6.51. The van der Waals surface area contributed by atoms with Crippen LogP contribution in [0.3, 0.4) is 0 Å². The number of rotatable bonds is 19. The predicted molar refractivity (Wildman–Crippen MR) is 146 cm³/mol. The highest BCUT2D eigenvalue weighted by molar-refractivity contribution is 5.94. The number of amides is 2. The molecule has 192 valence electrons. The number of hydrogen-bond acceptors (Lipinski definition) is 2. The Morgan fingerprint density at radius 2 is 1.06 bits per heavy atom. The Hall–Kier alpha value is -2.62. The fourth-order valence-electron chi connectivity index (χ4n) is 4.25. The maximum Gasteiger partial charge on any atom is 0.251 e. The maximum atomic E-state index is 12.3. The number of carbonyl (C=O) groups is 2. The molecule has 2 N–H and O–H groups in total. The monoisotopic (exact) mass is 478 g/mol. The van der Waals surface area contributed by atoms with Gasteiger partial charge in [0.2, 0.25) is 5.91 Å². The van der Waals surface area contributed by atoms with Crippen molar-refractivity contribution in [3.05, 3.63) is 71.3 Å². The van der Waals surface area contributed by atoms with Gasteiger partial charge >= 0.3 is 0 Å². The quantitative estimate of drug-likeness (QED) is 0.203. The van der Waals surface area contributed by atoms with Gasteiger partial charge in [-0.1, -0.05) is 126 Å². The fourth-order valence-corrected chi connectivity index (χ4v) is 4.25. The van der Waals surface area contributed by atoms with Crippen molar-refractivity contribution >= 4 is 11.8 Å². The van der Waals surface area contributed by atoms with Crippen LogP contribution in [0.2, 0.25) is 0 Å². The van der Waals surface area contributed by atoms with E-state index in [2.05, 4.69) is 17.6 Å². The number of carbonyl (C=O) groups excluding carboxylic acids is 2. The molecule has 2 amide bonds. The van der Waals surface area contributed by atoms with Crippen molar-refractivity contribution in [2.45, 2.75) is 110 Å². The van der Waals surface area contributed by atoms with Crippen LogP contribution in [-0.4, -0.2) is 11.8 Å². The van der Waals surface area contributed by atoms with Crippen molar-refractivity contribution in [3.8, 4) is 0 Å². The maximum absolute atomic E-state index is 12.3. The lowest BCUT2D eigenvalue weighted by Crippen LogP contribution is -2.23. The average Bonchev–Trinajstić information content (AvgIpc) is 2.89. The molecule has 4 nitrogen and oxygen atoms in total. The molecule has 0 atom stereocenters. The number of unbranched alkanes of at least 4 members (excludes halogenated alkanes) is 12. The van der Waals surface area contributed by atoms with Crippen LogP contribution in [-0.2, 0) is 17.9 Å². The standard InChI is InChI=1S/C31H46N2O2/c1-2-3-4-5-6-7-8-9-10-11-12-13-17-20-30(34)32-25-28-21-23-29(24-22-28)31(35)33-26-27-18-15-14-16-19-27/h14-16,18-19,21-24H,2-13,17,20,25-26H2,1H3,(H,32,34)(H,33,35). The average molecular weight is 479 g/mol. The Kier molecular flexibility index (Phi) is 15.3. The first-order valence-electron chi connectivity index (χ1n) is 13.9. The zero-order valence-corrected chi connectivity index (χ0v) is 21.8. The molecule has 2 aromatic carbocycles. The fraction of sp³-hybridized carbons (Fsp3) is 0.548. The van der Waals surface area contributed by atoms with Crippen molar-refractivity contribution in [3.63, 3.8) is 0 Å². The SMILES string of the molecule is CCCCCCCCCCCCCCCC(=O)NCc1ccc(C(=O)NCc2ccccc2)cc1. The van der Waals surface area contributed by atoms with Gasteiger partial charge in [-0.15, -0.1) is 0 Å². The largest absolute Gasteiger partial charge is 0.352 e. The van der Waals surface area contributed by atoms with Crippen LogP contribution < -0.4 is 10.6 Å². The van der Waals surface area contributed by atoms with Crippen LogP contribution >= 0.6 is 0 Å². The van der Waals surface area contributed by atoms with Crippen LogP contribution in [0.15, 0.2) is 54.6 Å². The summed E-state index contributed by atoms with van der Waals surface area (Å²) in [5.74, 6) is 0.0181. The molecule has 2 aromatic rings. The van der Waals surface area contributed by atoms with Gasteiger partial charge in [-0.25, -0.2) is 0 Å². The first-order chi connectivity index (χ1) is 17.2. The van der Waals surface area contributed by atoms with Gasteiger partial charge in [0.05, 0.1) is 0 Å². The number of hydrogen-bond donors (Lipinski definition) is 2. The molecule has 35 heavy (non-hydrogen) atoms. The van der Waals surface area contributed by atoms with Gasteiger partial charge in [0.1, 0.15) is 0 Å². The third kappa shape index (κ3) is 13.8. The molecule has 0 heterocycles. The van der Waals surface area contributed by atoms with Gasteiger partial charge in [0.25, 0.3) is 5.91 Å². The van der Waals surface area contributed by atoms with Crippen molar-refractivity contribution in [2.75, 3.05) is 0 Å². The molecule has 0 aliphatic heterocycles. The summed E-state index contributed by atoms with van der Waals surface area (Å²) in [6.45, 7) is 3.28. The molecule has 2 rings (SSSR count). The molecule has 0 bridgehead atoms. The molecular formula is C31H46N2O2. The Morgan fingerprint density at radius 3 is 1.63 bits per heavy atom. The van der Waals surface area contributed by atoms with Crippen LogP contribution in [0.25, 0.3) is 0 Å². The van der Waals surface area contributed by atoms with Gasteiger partial charge in [-0.3, -0.25) is 9.59 Å². The highest BCUT2D eigenvalue weighted by Crippen LogP contribution is 2.13. The lowest BCUT2D eigenvalue weighted by Gasteiger charge is -2.08. The molecule has 0 aliphatic carbocycles. The van der Waals surface area contributed by atoms with Gasteiger partial charge < -0.3 is 10.6 Å². The second kappa shape index (κ2) is 18.7. The molecule has 0 fully saturated rings. The third-order valence-electron chi connectivity index (χ3n) is 6.51. The topological polar surface area (TPSA) is 58.2 Å². The zero-order valence-electron chi connectivity index (χ0n) is 21.8. The van der Waals surface area contributed by atoms with Gasteiger partial charge in [0, 0.05) is 25.1 Å². The van der Waals surface area contributed by atoms with E-state index in [0.717, 1.165) is 24.0 Å². The van der Waals surface area contributed by atoms with E-state index in [9.17, 15) is 9.59 Å². The van der Waals surface area contributed by atoms with E-state index >= 15 is 0 Å². The summed E-state index contributed by atoms with van der Waals surface area (Å²) < 4.78 is 0. The minimum Gasteiger partial charge on any atom is -0.352 e. The van der Waals surface area contributed by atoms with Crippen molar-refractivity contribution in [2.24, 2.45) is 0 Å². The molecular weight excluding hydrogens is 432 g/mol. The Morgan fingerprint density at radius 1 is 0.571 bits per heavy atom. The van der Waals surface area contributed by atoms with Gasteiger partial charge in [0.15, 0.2) is 0 Å². The summed E-state index contributed by atoms with van der Waals surface area (Å²) in [5.41, 5.74) is 2.70. The van der Waals surface area contributed by atoms with E-state index in [-0.39, 0.29) is 11.8 Å². The number of benzene rings is 2. The molecule has 0 aliphatic rings. The summed E-state index contributed by atoms with van der Waals surface area (Å²) in [6, 6.07) is 17.3. The minimum absolute atomic E-state index is 0.0909. The van der Waals surface area contributed by atoms with Crippen molar-refractivity contribution in [1.82, 2.24) is 10.6 Å². The second-order valence-electron chi connectivity index (χ2n) is 9.63. The predicted octanol–water partition coefficient (Wildman–Crippen LogP) is 7.71. The van der Waals surface area contributed by atoms with Crippen LogP contribution in [0.4, 0.5) is 0 Å². The van der Waals surface area contributed by atoms with E-state index in [4.69, 9.17) is 0 Å². The van der Waals surface area contributed by atoms with E-state index in [0.29, 0.717) is 25.1 Å². The van der Waals surface area contributed by atoms with Crippen LogP contribution in [0.1, 0.15) is 118 Å². The molecule has 0 saturated carbocycles. The van der Waals surface area contributed by atoms with Gasteiger partial charge in [-0.2, -0.15) is 0 Å². The zero-order chi connectivity index (χ0) is 25.0. The lowest BCUT2D eigenvalue weighted by molar-refractivity contribution is -0.121. The number of nitrogens with one attached hydrogen (secondary N) is 2. The first-order valence-corrected chi connectivity index (χ1v) is 13.9. The Labute approximate surface area is 213 Å². The summed E-state index contributed by atoms with van der Waals surface area (Å²) in [5, 5.41) is 5.93. The molecule has 0 radical (unpaired) electrons. The van der Waals surface area contributed by atoms with E-state index < -0.39 is 0 Å². The Balaban J connectivity index is 1.46. The normalized spacial score (nSPS) is 10.8. The van der Waals surface area contributed by atoms with Crippen LogP contribution in [0, 0.1) is 0 Å². The summed E-state index contributed by atoms with van der Waals surface area (Å²) in [7, 11) is 0. The molecule has 0 saturated heterocycles. The lowest BCUT2D eigenvalue weighted by atomic mass is 10.0. The molecule has 4 heteroatoms. The van der Waals surface area contributed by atoms with E-state index in [1.165, 1.54) is 70.6 Å². The summed E-state index contributed by atoms with van der Waals surface area (Å²) >= 11 is 0. The molecule has 0 aromatic heterocycles. The highest BCUT2D eigenvalue weighted by Gasteiger charge is 2.06. The smallest absolute Gasteiger partial charge is 0.251 e. The minimum atomic E-state index is -0.0909. The second-order valence-corrected chi connectivity index (χ2v) is 9.63. The van der Waals surface area contributed by atoms with Crippen molar-refractivity contribution < 1.29 is 9.59 Å². The first kappa shape index (κ1) is 28.6. The van der Waals surface area contributed by atoms with Crippen molar-refractivity contribution in [1.29, 1.82) is 0 Å².